The van der Waals surface area contributed by atoms with Gasteiger partial charge in [0.2, 0.25) is 0 Å². The van der Waals surface area contributed by atoms with Crippen molar-refractivity contribution in [3.05, 3.63) is 117 Å². The van der Waals surface area contributed by atoms with Gasteiger partial charge in [-0.05, 0) is 56.5 Å². The molecule has 4 rings (SSSR count). The second-order valence-corrected chi connectivity index (χ2v) is 8.85. The van der Waals surface area contributed by atoms with E-state index in [4.69, 9.17) is 0 Å². The van der Waals surface area contributed by atoms with E-state index in [0.29, 0.717) is 11.1 Å². The van der Waals surface area contributed by atoms with Gasteiger partial charge in [-0.3, -0.25) is 4.79 Å². The van der Waals surface area contributed by atoms with Gasteiger partial charge in [-0.2, -0.15) is 13.2 Å². The van der Waals surface area contributed by atoms with Crippen LogP contribution in [0.25, 0.3) is 5.69 Å². The van der Waals surface area contributed by atoms with Gasteiger partial charge in [0.25, 0.3) is 5.56 Å². The highest BCUT2D eigenvalue weighted by Gasteiger charge is 2.34. The molecule has 0 radical (unpaired) electrons. The minimum Gasteiger partial charge on any atom is -0.383 e. The second kappa shape index (κ2) is 9.19. The van der Waals surface area contributed by atoms with E-state index in [-0.39, 0.29) is 5.56 Å². The lowest BCUT2D eigenvalue weighted by Crippen LogP contribution is -2.30. The van der Waals surface area contributed by atoms with Crippen LogP contribution in [0.2, 0.25) is 0 Å². The third-order valence-corrected chi connectivity index (χ3v) is 6.20. The Hall–Kier alpha value is -3.65. The third kappa shape index (κ3) is 4.93. The Bertz CT molecular complexity index is 1420. The molecular formula is C27H26F3N3O2. The summed E-state index contributed by atoms with van der Waals surface area (Å²) in [5.41, 5.74) is 2.44. The summed E-state index contributed by atoms with van der Waals surface area (Å²) in [6.07, 6.45) is -1.89. The average Bonchev–Trinajstić information content (AvgIpc) is 3.24. The first-order valence-electron chi connectivity index (χ1n) is 11.1. The number of nitrogens with zero attached hydrogens (tertiary/aromatic N) is 3. The zero-order valence-corrected chi connectivity index (χ0v) is 19.8. The lowest BCUT2D eigenvalue weighted by molar-refractivity contribution is -0.138. The van der Waals surface area contributed by atoms with E-state index in [1.54, 1.807) is 43.6 Å². The molecule has 0 saturated heterocycles. The maximum absolute atomic E-state index is 13.8. The van der Waals surface area contributed by atoms with Gasteiger partial charge in [0.1, 0.15) is 6.10 Å². The Morgan fingerprint density at radius 1 is 0.943 bits per heavy atom. The van der Waals surface area contributed by atoms with Crippen molar-refractivity contribution in [1.29, 1.82) is 0 Å². The molecule has 0 fully saturated rings. The quantitative estimate of drug-likeness (QED) is 0.400. The van der Waals surface area contributed by atoms with E-state index in [9.17, 15) is 23.1 Å². The highest BCUT2D eigenvalue weighted by atomic mass is 19.4. The van der Waals surface area contributed by atoms with Crippen LogP contribution in [0.4, 0.5) is 13.2 Å². The minimum absolute atomic E-state index is 0.328. The van der Waals surface area contributed by atoms with Crippen molar-refractivity contribution < 1.29 is 18.3 Å². The Morgan fingerprint density at radius 2 is 1.60 bits per heavy atom. The molecule has 5 nitrogen and oxygen atoms in total. The number of alkyl halides is 3. The Balaban J connectivity index is 1.80. The SMILES string of the molecule is Cc1ccc(C(C)n2cc(C(F)(F)F)cc(C(O)c3ccc(-n4cnc(C)c4)c(C)c3)c2=O)cc1. The summed E-state index contributed by atoms with van der Waals surface area (Å²) in [4.78, 5) is 17.5. The van der Waals surface area contributed by atoms with Crippen molar-refractivity contribution in [3.8, 4) is 5.69 Å². The maximum Gasteiger partial charge on any atom is 0.417 e. The molecule has 2 atom stereocenters. The third-order valence-electron chi connectivity index (χ3n) is 6.20. The molecule has 8 heteroatoms. The topological polar surface area (TPSA) is 60.1 Å². The summed E-state index contributed by atoms with van der Waals surface area (Å²) in [7, 11) is 0. The summed E-state index contributed by atoms with van der Waals surface area (Å²) < 4.78 is 44.2. The van der Waals surface area contributed by atoms with Crippen molar-refractivity contribution in [1.82, 2.24) is 14.1 Å². The van der Waals surface area contributed by atoms with Crippen LogP contribution in [0, 0.1) is 20.8 Å². The molecule has 0 aliphatic heterocycles. The molecule has 182 valence electrons. The number of benzene rings is 2. The zero-order valence-electron chi connectivity index (χ0n) is 19.8. The van der Waals surface area contributed by atoms with Gasteiger partial charge in [0.05, 0.1) is 29.2 Å². The van der Waals surface area contributed by atoms with Gasteiger partial charge in [-0.1, -0.05) is 42.0 Å². The molecular weight excluding hydrogens is 455 g/mol. The zero-order chi connectivity index (χ0) is 25.5. The van der Waals surface area contributed by atoms with Crippen LogP contribution in [0.3, 0.4) is 0 Å². The molecule has 2 unspecified atom stereocenters. The molecule has 0 saturated carbocycles. The summed E-state index contributed by atoms with van der Waals surface area (Å²) in [6.45, 7) is 7.25. The monoisotopic (exact) mass is 481 g/mol. The molecule has 0 aliphatic carbocycles. The molecule has 2 aromatic carbocycles. The highest BCUT2D eigenvalue weighted by Crippen LogP contribution is 2.33. The fourth-order valence-electron chi connectivity index (χ4n) is 4.14. The standard InChI is InChI=1S/C27H26F3N3O2/c1-16-5-7-20(8-6-16)19(4)33-14-22(27(28,29)30)12-23(26(33)35)25(34)21-9-10-24(17(2)11-21)32-13-18(3)31-15-32/h5-15,19,25,34H,1-4H3. The van der Waals surface area contributed by atoms with Gasteiger partial charge >= 0.3 is 6.18 Å². The van der Waals surface area contributed by atoms with E-state index >= 15 is 0 Å². The molecule has 2 heterocycles. The van der Waals surface area contributed by atoms with E-state index in [1.165, 1.54) is 0 Å². The smallest absolute Gasteiger partial charge is 0.383 e. The number of pyridine rings is 1. The fourth-order valence-corrected chi connectivity index (χ4v) is 4.14. The molecule has 2 aromatic heterocycles. The lowest BCUT2D eigenvalue weighted by Gasteiger charge is -2.22. The summed E-state index contributed by atoms with van der Waals surface area (Å²) >= 11 is 0. The van der Waals surface area contributed by atoms with Crippen LogP contribution in [-0.4, -0.2) is 19.2 Å². The van der Waals surface area contributed by atoms with Crippen LogP contribution in [-0.2, 0) is 6.18 Å². The molecule has 35 heavy (non-hydrogen) atoms. The van der Waals surface area contributed by atoms with Gasteiger partial charge in [0, 0.05) is 18.1 Å². The van der Waals surface area contributed by atoms with Crippen LogP contribution in [0.5, 0.6) is 0 Å². The van der Waals surface area contributed by atoms with E-state index < -0.39 is 29.4 Å². The number of halogens is 3. The summed E-state index contributed by atoms with van der Waals surface area (Å²) in [6, 6.07) is 12.3. The predicted molar refractivity (Wildman–Crippen MR) is 128 cm³/mol. The van der Waals surface area contributed by atoms with Crippen molar-refractivity contribution in [2.24, 2.45) is 0 Å². The number of aromatic nitrogens is 3. The van der Waals surface area contributed by atoms with Crippen molar-refractivity contribution >= 4 is 0 Å². The van der Waals surface area contributed by atoms with E-state index in [2.05, 4.69) is 4.98 Å². The van der Waals surface area contributed by atoms with Crippen LogP contribution in [0.1, 0.15) is 58.1 Å². The van der Waals surface area contributed by atoms with Crippen LogP contribution < -0.4 is 5.56 Å². The fraction of sp³-hybridized carbons (Fsp3) is 0.259. The van der Waals surface area contributed by atoms with Gasteiger partial charge in [-0.25, -0.2) is 4.98 Å². The van der Waals surface area contributed by atoms with Crippen molar-refractivity contribution in [2.45, 2.75) is 46.0 Å². The molecule has 4 aromatic rings. The number of aryl methyl sites for hydroxylation is 3. The first kappa shape index (κ1) is 24.5. The second-order valence-electron chi connectivity index (χ2n) is 8.85. The number of rotatable bonds is 5. The Labute approximate surface area is 201 Å². The highest BCUT2D eigenvalue weighted by molar-refractivity contribution is 5.45. The van der Waals surface area contributed by atoms with Crippen molar-refractivity contribution in [3.63, 3.8) is 0 Å². The van der Waals surface area contributed by atoms with Gasteiger partial charge < -0.3 is 14.2 Å². The molecule has 0 bridgehead atoms. The first-order valence-corrected chi connectivity index (χ1v) is 11.1. The molecule has 1 N–H and O–H groups in total. The number of aliphatic hydroxyl groups is 1. The average molecular weight is 482 g/mol. The summed E-state index contributed by atoms with van der Waals surface area (Å²) in [5.74, 6) is 0. The molecule has 0 aliphatic rings. The van der Waals surface area contributed by atoms with Crippen molar-refractivity contribution in [2.75, 3.05) is 0 Å². The first-order chi connectivity index (χ1) is 16.5. The van der Waals surface area contributed by atoms with Crippen LogP contribution >= 0.6 is 0 Å². The predicted octanol–water partition coefficient (Wildman–Crippen LogP) is 5.67. The number of hydrogen-bond acceptors (Lipinski definition) is 3. The molecule has 0 amide bonds. The number of imidazole rings is 1. The number of hydrogen-bond donors (Lipinski definition) is 1. The van der Waals surface area contributed by atoms with Gasteiger partial charge in [-0.15, -0.1) is 0 Å². The summed E-state index contributed by atoms with van der Waals surface area (Å²) in [5, 5.41) is 11.1. The maximum atomic E-state index is 13.8. The van der Waals surface area contributed by atoms with Gasteiger partial charge in [0.15, 0.2) is 0 Å². The van der Waals surface area contributed by atoms with E-state index in [1.807, 2.05) is 43.7 Å². The number of aliphatic hydroxyl groups excluding tert-OH is 1. The largest absolute Gasteiger partial charge is 0.417 e. The Morgan fingerprint density at radius 3 is 2.17 bits per heavy atom. The minimum atomic E-state index is -4.68. The molecule has 0 spiro atoms. The lowest BCUT2D eigenvalue weighted by atomic mass is 9.98. The van der Waals surface area contributed by atoms with Crippen LogP contribution in [0.15, 0.2) is 72.0 Å². The van der Waals surface area contributed by atoms with E-state index in [0.717, 1.165) is 39.3 Å². The Kier molecular flexibility index (Phi) is 6.42. The normalized spacial score (nSPS) is 13.6.